The Hall–Kier alpha value is -1.03. The zero-order chi connectivity index (χ0) is 14.2. The summed E-state index contributed by atoms with van der Waals surface area (Å²) in [4.78, 5) is 1.30. The molecule has 2 N–H and O–H groups in total. The van der Waals surface area contributed by atoms with Crippen LogP contribution >= 0.6 is 22.7 Å². The molecule has 108 valence electrons. The zero-order valence-corrected chi connectivity index (χ0v) is 13.2. The fraction of sp³-hybridized carbons (Fsp3) is 0.455. The Morgan fingerprint density at radius 2 is 2.20 bits per heavy atom. The highest BCUT2D eigenvalue weighted by molar-refractivity contribution is 7.93. The number of anilines is 1. The van der Waals surface area contributed by atoms with Crippen molar-refractivity contribution in [2.45, 2.75) is 37.2 Å². The van der Waals surface area contributed by atoms with Gasteiger partial charge in [-0.3, -0.25) is 4.72 Å². The first-order valence-electron chi connectivity index (χ1n) is 6.17. The lowest BCUT2D eigenvalue weighted by atomic mass is 10.4. The van der Waals surface area contributed by atoms with E-state index in [9.17, 15) is 8.42 Å². The van der Waals surface area contributed by atoms with Crippen molar-refractivity contribution in [3.8, 4) is 0 Å². The Kier molecular flexibility index (Phi) is 3.76. The minimum absolute atomic E-state index is 0.281. The Morgan fingerprint density at radius 1 is 1.40 bits per heavy atom. The van der Waals surface area contributed by atoms with Crippen LogP contribution in [0.25, 0.3) is 0 Å². The van der Waals surface area contributed by atoms with Crippen LogP contribution in [0, 0.1) is 6.92 Å². The van der Waals surface area contributed by atoms with Gasteiger partial charge in [0.05, 0.1) is 4.90 Å². The van der Waals surface area contributed by atoms with Gasteiger partial charge in [-0.1, -0.05) is 11.3 Å². The van der Waals surface area contributed by atoms with E-state index in [2.05, 4.69) is 20.2 Å². The lowest BCUT2D eigenvalue weighted by Crippen LogP contribution is -2.14. The van der Waals surface area contributed by atoms with Crippen molar-refractivity contribution in [2.24, 2.45) is 0 Å². The van der Waals surface area contributed by atoms with Crippen molar-refractivity contribution in [3.05, 3.63) is 21.3 Å². The summed E-state index contributed by atoms with van der Waals surface area (Å²) in [6.07, 6.45) is 2.43. The van der Waals surface area contributed by atoms with E-state index in [1.165, 1.54) is 35.5 Å². The number of hydrogen-bond donors (Lipinski definition) is 2. The molecule has 2 heterocycles. The van der Waals surface area contributed by atoms with Gasteiger partial charge in [0.25, 0.3) is 10.0 Å². The minimum atomic E-state index is -3.56. The highest BCUT2D eigenvalue weighted by atomic mass is 32.2. The van der Waals surface area contributed by atoms with Gasteiger partial charge in [-0.25, -0.2) is 8.42 Å². The van der Waals surface area contributed by atoms with Gasteiger partial charge in [0.15, 0.2) is 0 Å². The van der Waals surface area contributed by atoms with Crippen molar-refractivity contribution in [3.63, 3.8) is 0 Å². The van der Waals surface area contributed by atoms with E-state index in [-0.39, 0.29) is 4.90 Å². The molecule has 1 aliphatic carbocycles. The summed E-state index contributed by atoms with van der Waals surface area (Å²) in [5.41, 5.74) is 0. The number of thiophene rings is 1. The third-order valence-corrected chi connectivity index (χ3v) is 6.12. The molecular formula is C11H14N4O2S3. The average molecular weight is 330 g/mol. The molecule has 0 aromatic carbocycles. The summed E-state index contributed by atoms with van der Waals surface area (Å²) in [7, 11) is -3.56. The first-order valence-corrected chi connectivity index (χ1v) is 9.34. The van der Waals surface area contributed by atoms with Crippen molar-refractivity contribution >= 4 is 37.8 Å². The first-order chi connectivity index (χ1) is 9.53. The summed E-state index contributed by atoms with van der Waals surface area (Å²) in [5.74, 6) is 0. The number of aromatic nitrogens is 2. The molecular weight excluding hydrogens is 316 g/mol. The van der Waals surface area contributed by atoms with Crippen LogP contribution < -0.4 is 10.0 Å². The lowest BCUT2D eigenvalue weighted by molar-refractivity contribution is 0.601. The lowest BCUT2D eigenvalue weighted by Gasteiger charge is -2.01. The highest BCUT2D eigenvalue weighted by Gasteiger charge is 2.22. The van der Waals surface area contributed by atoms with Crippen molar-refractivity contribution < 1.29 is 8.42 Å². The van der Waals surface area contributed by atoms with E-state index in [1.54, 1.807) is 18.4 Å². The van der Waals surface area contributed by atoms with Crippen LogP contribution in [0.2, 0.25) is 0 Å². The molecule has 0 bridgehead atoms. The van der Waals surface area contributed by atoms with E-state index in [4.69, 9.17) is 0 Å². The largest absolute Gasteiger partial charge is 0.309 e. The Bertz CT molecular complexity index is 703. The maximum Gasteiger partial charge on any atom is 0.264 e. The van der Waals surface area contributed by atoms with E-state index in [1.807, 2.05) is 0 Å². The van der Waals surface area contributed by atoms with Crippen LogP contribution in [0.4, 0.5) is 5.13 Å². The molecule has 0 spiro atoms. The van der Waals surface area contributed by atoms with Gasteiger partial charge in [-0.2, -0.15) is 0 Å². The highest BCUT2D eigenvalue weighted by Crippen LogP contribution is 2.25. The molecule has 6 nitrogen and oxygen atoms in total. The van der Waals surface area contributed by atoms with E-state index in [0.29, 0.717) is 11.2 Å². The van der Waals surface area contributed by atoms with Crippen LogP contribution in [0.3, 0.4) is 0 Å². The topological polar surface area (TPSA) is 84.0 Å². The molecule has 0 unspecified atom stereocenters. The second kappa shape index (κ2) is 5.40. The predicted molar refractivity (Wildman–Crippen MR) is 79.6 cm³/mol. The van der Waals surface area contributed by atoms with Crippen LogP contribution in [-0.4, -0.2) is 24.7 Å². The number of nitrogens with zero attached hydrogens (tertiary/aromatic N) is 2. The summed E-state index contributed by atoms with van der Waals surface area (Å²) < 4.78 is 26.8. The second-order valence-electron chi connectivity index (χ2n) is 4.64. The van der Waals surface area contributed by atoms with Gasteiger partial charge in [0.1, 0.15) is 5.01 Å². The molecule has 0 atom stereocenters. The van der Waals surface area contributed by atoms with Crippen LogP contribution in [0.5, 0.6) is 0 Å². The SMILES string of the molecule is Cc1nnc(NS(=O)(=O)c2csc(CNC3CC3)c2)s1. The quantitative estimate of drug-likeness (QED) is 0.846. The maximum atomic E-state index is 12.2. The summed E-state index contributed by atoms with van der Waals surface area (Å²) in [6, 6.07) is 2.32. The number of nitrogens with one attached hydrogen (secondary N) is 2. The van der Waals surface area contributed by atoms with Gasteiger partial charge in [0, 0.05) is 22.8 Å². The van der Waals surface area contributed by atoms with Crippen LogP contribution in [0.15, 0.2) is 16.3 Å². The molecule has 0 saturated heterocycles. The predicted octanol–water partition coefficient (Wildman–Crippen LogP) is 1.96. The van der Waals surface area contributed by atoms with Crippen LogP contribution in [-0.2, 0) is 16.6 Å². The molecule has 2 aromatic heterocycles. The molecule has 20 heavy (non-hydrogen) atoms. The second-order valence-corrected chi connectivity index (χ2v) is 8.50. The number of rotatable bonds is 6. The average Bonchev–Trinajstić information content (AvgIpc) is 2.93. The molecule has 0 radical (unpaired) electrons. The van der Waals surface area contributed by atoms with Gasteiger partial charge < -0.3 is 5.32 Å². The number of hydrogen-bond acceptors (Lipinski definition) is 7. The van der Waals surface area contributed by atoms with Gasteiger partial charge in [-0.15, -0.1) is 21.5 Å². The number of aryl methyl sites for hydroxylation is 1. The fourth-order valence-electron chi connectivity index (χ4n) is 1.64. The summed E-state index contributed by atoms with van der Waals surface area (Å²) in [6.45, 7) is 2.50. The molecule has 3 rings (SSSR count). The fourth-order valence-corrected chi connectivity index (χ4v) is 4.69. The van der Waals surface area contributed by atoms with Gasteiger partial charge in [-0.05, 0) is 25.8 Å². The first kappa shape index (κ1) is 13.9. The van der Waals surface area contributed by atoms with Crippen molar-refractivity contribution in [1.82, 2.24) is 15.5 Å². The smallest absolute Gasteiger partial charge is 0.264 e. The standard InChI is InChI=1S/C11H14N4O2S3/c1-7-13-14-11(19-7)15-20(16,17)10-4-9(18-6-10)5-12-8-2-3-8/h4,6,8,12H,2-3,5H2,1H3,(H,14,15). The summed E-state index contributed by atoms with van der Waals surface area (Å²) >= 11 is 2.66. The third-order valence-electron chi connectivity index (χ3n) is 2.83. The van der Waals surface area contributed by atoms with Crippen LogP contribution in [0.1, 0.15) is 22.7 Å². The minimum Gasteiger partial charge on any atom is -0.309 e. The third kappa shape index (κ3) is 3.35. The normalized spacial score (nSPS) is 15.4. The van der Waals surface area contributed by atoms with Gasteiger partial charge >= 0.3 is 0 Å². The maximum absolute atomic E-state index is 12.2. The van der Waals surface area contributed by atoms with E-state index < -0.39 is 10.0 Å². The summed E-state index contributed by atoms with van der Waals surface area (Å²) in [5, 5.41) is 13.6. The monoisotopic (exact) mass is 330 g/mol. The van der Waals surface area contributed by atoms with E-state index in [0.717, 1.165) is 16.4 Å². The Balaban J connectivity index is 1.69. The Morgan fingerprint density at radius 3 is 2.85 bits per heavy atom. The molecule has 1 aliphatic rings. The van der Waals surface area contributed by atoms with Crippen molar-refractivity contribution in [1.29, 1.82) is 0 Å². The Labute approximate surface area is 125 Å². The molecule has 0 aliphatic heterocycles. The van der Waals surface area contributed by atoms with Crippen molar-refractivity contribution in [2.75, 3.05) is 4.72 Å². The molecule has 0 amide bonds. The molecule has 9 heteroatoms. The molecule has 1 saturated carbocycles. The molecule has 2 aromatic rings. The molecule has 1 fully saturated rings. The van der Waals surface area contributed by atoms with Gasteiger partial charge in [0.2, 0.25) is 5.13 Å². The van der Waals surface area contributed by atoms with E-state index >= 15 is 0 Å². The number of sulfonamides is 1. The zero-order valence-electron chi connectivity index (χ0n) is 10.8.